The molecule has 2 aromatic rings. The van der Waals surface area contributed by atoms with E-state index in [-0.39, 0.29) is 17.7 Å². The van der Waals surface area contributed by atoms with Crippen LogP contribution in [0.2, 0.25) is 0 Å². The van der Waals surface area contributed by atoms with Gasteiger partial charge in [-0.15, -0.1) is 0 Å². The number of aryl methyl sites for hydroxylation is 1. The lowest BCUT2D eigenvalue weighted by Crippen LogP contribution is -2.25. The second-order valence-corrected chi connectivity index (χ2v) is 6.35. The zero-order chi connectivity index (χ0) is 18.7. The number of nitrogens with one attached hydrogen (secondary N) is 2. The van der Waals surface area contributed by atoms with Gasteiger partial charge in [-0.3, -0.25) is 9.59 Å². The number of amides is 2. The van der Waals surface area contributed by atoms with Crippen molar-refractivity contribution in [1.29, 1.82) is 0 Å². The molecular formula is C19H24N4O3. The minimum absolute atomic E-state index is 0.0452. The fraction of sp³-hybridized carbons (Fsp3) is 0.421. The summed E-state index contributed by atoms with van der Waals surface area (Å²) in [6.45, 7) is 4.78. The number of hydrogen-bond donors (Lipinski definition) is 2. The highest BCUT2D eigenvalue weighted by atomic mass is 16.5. The molecule has 1 aliphatic heterocycles. The van der Waals surface area contributed by atoms with Crippen LogP contribution in [0.3, 0.4) is 0 Å². The topological polar surface area (TPSA) is 85.2 Å². The van der Waals surface area contributed by atoms with Gasteiger partial charge >= 0.3 is 0 Å². The van der Waals surface area contributed by atoms with Gasteiger partial charge in [0.1, 0.15) is 5.75 Å². The van der Waals surface area contributed by atoms with Gasteiger partial charge in [-0.05, 0) is 25.0 Å². The van der Waals surface area contributed by atoms with Crippen molar-refractivity contribution < 1.29 is 14.3 Å². The Labute approximate surface area is 152 Å². The van der Waals surface area contributed by atoms with Crippen LogP contribution < -0.4 is 15.4 Å². The minimum Gasteiger partial charge on any atom is -0.494 e. The van der Waals surface area contributed by atoms with Gasteiger partial charge in [-0.1, -0.05) is 6.92 Å². The number of carbonyl (C=O) groups is 2. The Morgan fingerprint density at radius 3 is 2.92 bits per heavy atom. The molecule has 2 amide bonds. The molecule has 1 aromatic carbocycles. The second kappa shape index (κ2) is 7.59. The zero-order valence-corrected chi connectivity index (χ0v) is 15.3. The number of anilines is 2. The molecule has 0 aliphatic carbocycles. The Morgan fingerprint density at radius 2 is 2.23 bits per heavy atom. The fourth-order valence-electron chi connectivity index (χ4n) is 3.35. The highest BCUT2D eigenvalue weighted by molar-refractivity contribution is 5.98. The summed E-state index contributed by atoms with van der Waals surface area (Å²) in [5, 5.41) is 5.83. The number of ether oxygens (including phenoxy) is 1. The average Bonchev–Trinajstić information content (AvgIpc) is 3.09. The molecule has 7 nitrogen and oxygen atoms in total. The lowest BCUT2D eigenvalue weighted by atomic mass is 9.87. The van der Waals surface area contributed by atoms with Crippen molar-refractivity contribution in [2.45, 2.75) is 45.6 Å². The van der Waals surface area contributed by atoms with Crippen LogP contribution in [0.15, 0.2) is 24.7 Å². The molecule has 0 saturated heterocycles. The SMILES string of the molecule is CCCC(=O)Nc1cc2c(cc1OC)NC(=O)C[C@H]2c1cncn1CC. The van der Waals surface area contributed by atoms with E-state index in [0.29, 0.717) is 30.0 Å². The first-order valence-electron chi connectivity index (χ1n) is 8.89. The van der Waals surface area contributed by atoms with Crippen LogP contribution in [-0.4, -0.2) is 28.5 Å². The maximum Gasteiger partial charge on any atom is 0.225 e. The van der Waals surface area contributed by atoms with Crippen molar-refractivity contribution in [3.63, 3.8) is 0 Å². The molecule has 1 aromatic heterocycles. The number of imidazole rings is 1. The van der Waals surface area contributed by atoms with Gasteiger partial charge in [0, 0.05) is 48.9 Å². The van der Waals surface area contributed by atoms with E-state index in [0.717, 1.165) is 24.2 Å². The van der Waals surface area contributed by atoms with Crippen LogP contribution in [0.25, 0.3) is 0 Å². The fourth-order valence-corrected chi connectivity index (χ4v) is 3.35. The van der Waals surface area contributed by atoms with E-state index in [1.54, 1.807) is 25.7 Å². The number of fused-ring (bicyclic) bond motifs is 1. The van der Waals surface area contributed by atoms with Gasteiger partial charge in [0.15, 0.2) is 0 Å². The first-order chi connectivity index (χ1) is 12.6. The normalized spacial score (nSPS) is 16.0. The van der Waals surface area contributed by atoms with E-state index in [1.165, 1.54) is 0 Å². The lowest BCUT2D eigenvalue weighted by Gasteiger charge is -2.27. The average molecular weight is 356 g/mol. The molecule has 0 radical (unpaired) electrons. The third-order valence-corrected chi connectivity index (χ3v) is 4.60. The predicted octanol–water partition coefficient (Wildman–Crippen LogP) is 3.12. The van der Waals surface area contributed by atoms with Crippen LogP contribution >= 0.6 is 0 Å². The molecule has 0 fully saturated rings. The maximum absolute atomic E-state index is 12.2. The summed E-state index contributed by atoms with van der Waals surface area (Å²) in [5.74, 6) is 0.309. The van der Waals surface area contributed by atoms with Gasteiger partial charge in [0.25, 0.3) is 0 Å². The van der Waals surface area contributed by atoms with Crippen molar-refractivity contribution in [2.75, 3.05) is 17.7 Å². The Balaban J connectivity index is 2.06. The van der Waals surface area contributed by atoms with Gasteiger partial charge < -0.3 is 19.9 Å². The zero-order valence-electron chi connectivity index (χ0n) is 15.3. The monoisotopic (exact) mass is 356 g/mol. The molecule has 0 unspecified atom stereocenters. The predicted molar refractivity (Wildman–Crippen MR) is 99.5 cm³/mol. The highest BCUT2D eigenvalue weighted by Gasteiger charge is 2.30. The minimum atomic E-state index is -0.117. The van der Waals surface area contributed by atoms with Crippen molar-refractivity contribution >= 4 is 23.2 Å². The maximum atomic E-state index is 12.2. The van der Waals surface area contributed by atoms with Gasteiger partial charge in [-0.25, -0.2) is 4.98 Å². The van der Waals surface area contributed by atoms with Crippen molar-refractivity contribution in [3.05, 3.63) is 35.9 Å². The number of hydrogen-bond acceptors (Lipinski definition) is 4. The van der Waals surface area contributed by atoms with Crippen molar-refractivity contribution in [2.24, 2.45) is 0 Å². The first-order valence-corrected chi connectivity index (χ1v) is 8.89. The number of aromatic nitrogens is 2. The Hall–Kier alpha value is -2.83. The molecule has 0 bridgehead atoms. The quantitative estimate of drug-likeness (QED) is 0.833. The van der Waals surface area contributed by atoms with E-state index in [1.807, 2.05) is 24.5 Å². The van der Waals surface area contributed by atoms with Crippen LogP contribution in [0.5, 0.6) is 5.75 Å². The smallest absolute Gasteiger partial charge is 0.225 e. The highest BCUT2D eigenvalue weighted by Crippen LogP contribution is 2.42. The molecule has 2 N–H and O–H groups in total. The van der Waals surface area contributed by atoms with E-state index in [2.05, 4.69) is 15.6 Å². The van der Waals surface area contributed by atoms with Crippen LogP contribution in [-0.2, 0) is 16.1 Å². The van der Waals surface area contributed by atoms with E-state index in [4.69, 9.17) is 4.74 Å². The summed E-state index contributed by atoms with van der Waals surface area (Å²) in [6, 6.07) is 3.67. The third-order valence-electron chi connectivity index (χ3n) is 4.60. The van der Waals surface area contributed by atoms with Crippen molar-refractivity contribution in [3.8, 4) is 5.75 Å². The summed E-state index contributed by atoms with van der Waals surface area (Å²) in [5.41, 5.74) is 3.26. The largest absolute Gasteiger partial charge is 0.494 e. The number of nitrogens with zero attached hydrogens (tertiary/aromatic N) is 2. The number of rotatable bonds is 6. The van der Waals surface area contributed by atoms with Crippen LogP contribution in [0, 0.1) is 0 Å². The summed E-state index contributed by atoms with van der Waals surface area (Å²) in [7, 11) is 1.55. The molecule has 0 saturated carbocycles. The standard InChI is InChI=1S/C19H24N4O3/c1-4-6-18(24)22-15-7-12-13(16-10-20-11-23(16)5-2)8-19(25)21-14(12)9-17(15)26-3/h7,9-11,13H,4-6,8H2,1-3H3,(H,21,25)(H,22,24)/t13-/m1/s1. The summed E-state index contributed by atoms with van der Waals surface area (Å²) in [6.07, 6.45) is 5.13. The number of methoxy groups -OCH3 is 1. The third kappa shape index (κ3) is 3.42. The number of carbonyl (C=O) groups excluding carboxylic acids is 2. The van der Waals surface area contributed by atoms with E-state index in [9.17, 15) is 9.59 Å². The number of benzene rings is 1. The molecule has 1 aliphatic rings. The van der Waals surface area contributed by atoms with E-state index >= 15 is 0 Å². The van der Waals surface area contributed by atoms with Crippen molar-refractivity contribution in [1.82, 2.24) is 9.55 Å². The molecule has 3 rings (SSSR count). The molecule has 2 heterocycles. The lowest BCUT2D eigenvalue weighted by molar-refractivity contribution is -0.117. The Kier molecular flexibility index (Phi) is 5.25. The summed E-state index contributed by atoms with van der Waals surface area (Å²) in [4.78, 5) is 28.5. The van der Waals surface area contributed by atoms with Gasteiger partial charge in [-0.2, -0.15) is 0 Å². The molecule has 26 heavy (non-hydrogen) atoms. The molecule has 1 atom stereocenters. The molecule has 138 valence electrons. The second-order valence-electron chi connectivity index (χ2n) is 6.35. The Bertz CT molecular complexity index is 828. The molecule has 7 heteroatoms. The first kappa shape index (κ1) is 18.0. The van der Waals surface area contributed by atoms with Crippen LogP contribution in [0.4, 0.5) is 11.4 Å². The molecular weight excluding hydrogens is 332 g/mol. The van der Waals surface area contributed by atoms with Gasteiger partial charge in [0.05, 0.1) is 19.1 Å². The summed E-state index contributed by atoms with van der Waals surface area (Å²) < 4.78 is 7.45. The van der Waals surface area contributed by atoms with Crippen LogP contribution in [0.1, 0.15) is 50.3 Å². The van der Waals surface area contributed by atoms with E-state index < -0.39 is 0 Å². The Morgan fingerprint density at radius 1 is 1.42 bits per heavy atom. The summed E-state index contributed by atoms with van der Waals surface area (Å²) >= 11 is 0. The molecule has 0 spiro atoms. The van der Waals surface area contributed by atoms with Gasteiger partial charge in [0.2, 0.25) is 11.8 Å².